The normalized spacial score (nSPS) is 38.1. The Bertz CT molecular complexity index is 370. The topological polar surface area (TPSA) is 41.1 Å². The van der Waals surface area contributed by atoms with E-state index >= 15 is 0 Å². The predicted octanol–water partition coefficient (Wildman–Crippen LogP) is 3.44. The Labute approximate surface area is 122 Å². The number of urea groups is 1. The molecule has 0 saturated heterocycles. The summed E-state index contributed by atoms with van der Waals surface area (Å²) in [6, 6.07) is 0.518. The van der Waals surface area contributed by atoms with Crippen molar-refractivity contribution in [1.82, 2.24) is 10.6 Å². The molecule has 4 aliphatic carbocycles. The fourth-order valence-corrected chi connectivity index (χ4v) is 5.27. The summed E-state index contributed by atoms with van der Waals surface area (Å²) in [4.78, 5) is 12.0. The van der Waals surface area contributed by atoms with Gasteiger partial charge in [0.25, 0.3) is 0 Å². The van der Waals surface area contributed by atoms with E-state index in [2.05, 4.69) is 10.6 Å². The molecule has 4 saturated carbocycles. The molecule has 2 amide bonds. The monoisotopic (exact) mass is 276 g/mol. The first-order valence-corrected chi connectivity index (χ1v) is 8.80. The second kappa shape index (κ2) is 4.92. The summed E-state index contributed by atoms with van der Waals surface area (Å²) in [6.45, 7) is 0.915. The Kier molecular flexibility index (Phi) is 3.19. The minimum atomic E-state index is 0.0875. The van der Waals surface area contributed by atoms with Crippen LogP contribution in [0.4, 0.5) is 4.79 Å². The third kappa shape index (κ3) is 2.33. The molecule has 1 spiro atoms. The molecule has 0 aliphatic heterocycles. The molecule has 2 atom stereocenters. The highest BCUT2D eigenvalue weighted by molar-refractivity contribution is 5.74. The average Bonchev–Trinajstić information content (AvgIpc) is 2.85. The number of amides is 2. The highest BCUT2D eigenvalue weighted by Gasteiger charge is 2.52. The maximum atomic E-state index is 12.0. The minimum Gasteiger partial charge on any atom is -0.338 e. The van der Waals surface area contributed by atoms with Gasteiger partial charge >= 0.3 is 6.03 Å². The van der Waals surface area contributed by atoms with Crippen molar-refractivity contribution in [3.63, 3.8) is 0 Å². The smallest absolute Gasteiger partial charge is 0.315 e. The number of rotatable bonds is 3. The summed E-state index contributed by atoms with van der Waals surface area (Å²) >= 11 is 0. The largest absolute Gasteiger partial charge is 0.338 e. The fourth-order valence-electron chi connectivity index (χ4n) is 5.27. The first-order valence-electron chi connectivity index (χ1n) is 8.80. The summed E-state index contributed by atoms with van der Waals surface area (Å²) in [5.74, 6) is 2.70. The van der Waals surface area contributed by atoms with Crippen LogP contribution in [0.2, 0.25) is 0 Å². The van der Waals surface area contributed by atoms with Crippen molar-refractivity contribution in [2.45, 2.75) is 70.3 Å². The van der Waals surface area contributed by atoms with Crippen LogP contribution in [0.3, 0.4) is 0 Å². The molecule has 112 valence electrons. The summed E-state index contributed by atoms with van der Waals surface area (Å²) < 4.78 is 0. The van der Waals surface area contributed by atoms with Gasteiger partial charge in [-0.25, -0.2) is 4.79 Å². The number of carbonyl (C=O) groups excluding carboxylic acids is 1. The molecule has 0 heterocycles. The number of hydrogen-bond acceptors (Lipinski definition) is 1. The van der Waals surface area contributed by atoms with Crippen LogP contribution in [0, 0.1) is 23.2 Å². The predicted molar refractivity (Wildman–Crippen MR) is 79.4 cm³/mol. The van der Waals surface area contributed by atoms with Gasteiger partial charge in [-0.3, -0.25) is 0 Å². The van der Waals surface area contributed by atoms with Gasteiger partial charge in [0.05, 0.1) is 0 Å². The lowest BCUT2D eigenvalue weighted by Crippen LogP contribution is -2.46. The van der Waals surface area contributed by atoms with Crippen LogP contribution in [0.5, 0.6) is 0 Å². The Morgan fingerprint density at radius 3 is 2.25 bits per heavy atom. The van der Waals surface area contributed by atoms with Gasteiger partial charge in [-0.15, -0.1) is 0 Å². The average molecular weight is 276 g/mol. The van der Waals surface area contributed by atoms with Crippen LogP contribution >= 0.6 is 0 Å². The van der Waals surface area contributed by atoms with E-state index in [-0.39, 0.29) is 6.03 Å². The Balaban J connectivity index is 1.15. The first kappa shape index (κ1) is 13.0. The van der Waals surface area contributed by atoms with E-state index in [9.17, 15) is 4.79 Å². The summed E-state index contributed by atoms with van der Waals surface area (Å²) in [5.41, 5.74) is 0.695. The second-order valence-electron chi connectivity index (χ2n) is 7.90. The van der Waals surface area contributed by atoms with Gasteiger partial charge in [0.1, 0.15) is 0 Å². The lowest BCUT2D eigenvalue weighted by Gasteiger charge is -2.47. The van der Waals surface area contributed by atoms with Gasteiger partial charge in [-0.1, -0.05) is 12.8 Å². The van der Waals surface area contributed by atoms with Crippen molar-refractivity contribution in [2.75, 3.05) is 6.54 Å². The Morgan fingerprint density at radius 2 is 1.65 bits per heavy atom. The van der Waals surface area contributed by atoms with Gasteiger partial charge in [0.2, 0.25) is 0 Å². The summed E-state index contributed by atoms with van der Waals surface area (Å²) in [5, 5.41) is 6.32. The lowest BCUT2D eigenvalue weighted by molar-refractivity contribution is 0.0657. The minimum absolute atomic E-state index is 0.0875. The van der Waals surface area contributed by atoms with Crippen molar-refractivity contribution in [3.8, 4) is 0 Å². The third-order valence-electron chi connectivity index (χ3n) is 6.88. The molecule has 20 heavy (non-hydrogen) atoms. The van der Waals surface area contributed by atoms with Crippen LogP contribution in [-0.2, 0) is 0 Å². The Hall–Kier alpha value is -0.730. The lowest BCUT2D eigenvalue weighted by atomic mass is 9.60. The molecule has 3 heteroatoms. The molecule has 0 aromatic carbocycles. The first-order chi connectivity index (χ1) is 9.76. The van der Waals surface area contributed by atoms with Crippen LogP contribution < -0.4 is 10.6 Å². The molecular formula is C17H28N2O. The summed E-state index contributed by atoms with van der Waals surface area (Å²) in [7, 11) is 0. The van der Waals surface area contributed by atoms with Gasteiger partial charge in [-0.2, -0.15) is 0 Å². The quantitative estimate of drug-likeness (QED) is 0.814. The summed E-state index contributed by atoms with van der Waals surface area (Å²) in [6.07, 6.45) is 13.6. The third-order valence-corrected chi connectivity index (χ3v) is 6.88. The molecule has 4 aliphatic rings. The zero-order valence-corrected chi connectivity index (χ0v) is 12.5. The molecule has 2 N–H and O–H groups in total. The van der Waals surface area contributed by atoms with Crippen molar-refractivity contribution >= 4 is 6.03 Å². The molecule has 0 aromatic heterocycles. The van der Waals surface area contributed by atoms with Crippen molar-refractivity contribution < 1.29 is 4.79 Å². The highest BCUT2D eigenvalue weighted by Crippen LogP contribution is 2.57. The van der Waals surface area contributed by atoms with E-state index < -0.39 is 0 Å². The zero-order chi connectivity index (χ0) is 13.6. The number of hydrogen-bond donors (Lipinski definition) is 2. The van der Waals surface area contributed by atoms with Gasteiger partial charge in [-0.05, 0) is 74.5 Å². The van der Waals surface area contributed by atoms with Gasteiger partial charge < -0.3 is 10.6 Å². The van der Waals surface area contributed by atoms with Crippen LogP contribution in [0.1, 0.15) is 64.2 Å². The molecule has 4 rings (SSSR count). The zero-order valence-electron chi connectivity index (χ0n) is 12.5. The highest BCUT2D eigenvalue weighted by atomic mass is 16.2. The molecule has 2 unspecified atom stereocenters. The Morgan fingerprint density at radius 1 is 0.950 bits per heavy atom. The van der Waals surface area contributed by atoms with Crippen LogP contribution in [0.15, 0.2) is 0 Å². The number of carbonyl (C=O) groups is 1. The molecule has 0 bridgehead atoms. The van der Waals surface area contributed by atoms with E-state index in [4.69, 9.17) is 0 Å². The number of fused-ring (bicyclic) bond motifs is 1. The van der Waals surface area contributed by atoms with Crippen molar-refractivity contribution in [3.05, 3.63) is 0 Å². The van der Waals surface area contributed by atoms with E-state index in [1.165, 1.54) is 64.2 Å². The van der Waals surface area contributed by atoms with E-state index in [1.807, 2.05) is 0 Å². The molecule has 0 aromatic rings. The molecule has 0 radical (unpaired) electrons. The van der Waals surface area contributed by atoms with Gasteiger partial charge in [0, 0.05) is 12.6 Å². The van der Waals surface area contributed by atoms with E-state index in [0.717, 1.165) is 24.3 Å². The SMILES string of the molecule is O=C(NCC1C2CCCC21)NC1CCC2(CCC2)CC1. The fraction of sp³-hybridized carbons (Fsp3) is 0.941. The van der Waals surface area contributed by atoms with E-state index in [1.54, 1.807) is 0 Å². The number of nitrogens with one attached hydrogen (secondary N) is 2. The van der Waals surface area contributed by atoms with Crippen molar-refractivity contribution in [2.24, 2.45) is 23.2 Å². The van der Waals surface area contributed by atoms with E-state index in [0.29, 0.717) is 11.5 Å². The molecule has 4 fully saturated rings. The van der Waals surface area contributed by atoms with Crippen LogP contribution in [0.25, 0.3) is 0 Å². The van der Waals surface area contributed by atoms with Crippen molar-refractivity contribution in [1.29, 1.82) is 0 Å². The van der Waals surface area contributed by atoms with Gasteiger partial charge in [0.15, 0.2) is 0 Å². The second-order valence-corrected chi connectivity index (χ2v) is 7.90. The molecule has 3 nitrogen and oxygen atoms in total. The maximum Gasteiger partial charge on any atom is 0.315 e. The maximum absolute atomic E-state index is 12.0. The molecular weight excluding hydrogens is 248 g/mol. The standard InChI is InChI=1S/C17H28N2O/c20-16(18-11-15-13-3-1-4-14(13)15)19-12-5-9-17(10-6-12)7-2-8-17/h12-15H,1-11H2,(H2,18,19,20). The van der Waals surface area contributed by atoms with Crippen LogP contribution in [-0.4, -0.2) is 18.6 Å².